The monoisotopic (exact) mass is 1610 g/mol. The fourth-order valence-electron chi connectivity index (χ4n) is 8.87. The fourth-order valence-corrected chi connectivity index (χ4v) is 9.09. The molecule has 580 valence electrons. The molecule has 0 radical (unpaired) electrons. The zero-order valence-electron chi connectivity index (χ0n) is 61.3. The molecule has 112 heavy (non-hydrogen) atoms. The number of carbonyl (C=O) groups excluding carboxylic acids is 8. The summed E-state index contributed by atoms with van der Waals surface area (Å²) in [5, 5.41) is 29.5. The molecule has 0 saturated heterocycles. The van der Waals surface area contributed by atoms with Gasteiger partial charge in [-0.25, -0.2) is 34.5 Å². The number of nitrogens with zero attached hydrogens (tertiary/aromatic N) is 11. The maximum atomic E-state index is 12.4. The number of nitrogen functional groups attached to an aromatic ring is 2. The molecule has 0 bridgehead atoms. The predicted octanol–water partition coefficient (Wildman–Crippen LogP) is 7.07. The summed E-state index contributed by atoms with van der Waals surface area (Å²) in [5.74, 6) is -0.0234. The number of aromatic carboxylic acids is 1. The Labute approximate surface area is 667 Å². The van der Waals surface area contributed by atoms with Crippen LogP contribution >= 0.6 is 15.9 Å². The normalized spacial score (nSPS) is 10.0. The van der Waals surface area contributed by atoms with Crippen LogP contribution in [-0.4, -0.2) is 170 Å². The number of imidazole rings is 4. The van der Waals surface area contributed by atoms with Crippen LogP contribution in [0.2, 0.25) is 0 Å². The molecule has 0 spiro atoms. The zero-order valence-corrected chi connectivity index (χ0v) is 64.9. The van der Waals surface area contributed by atoms with Gasteiger partial charge in [0, 0.05) is 127 Å². The van der Waals surface area contributed by atoms with E-state index >= 15 is 0 Å². The van der Waals surface area contributed by atoms with Crippen molar-refractivity contribution in [2.45, 2.75) is 40.5 Å². The number of ether oxygens (including phenoxy) is 8. The Morgan fingerprint density at radius 2 is 0.866 bits per heavy atom. The molecule has 0 aliphatic carbocycles. The molecule has 3 aromatic carbocycles. The molecule has 12 rings (SSSR count). The predicted molar refractivity (Wildman–Crippen MR) is 401 cm³/mol. The van der Waals surface area contributed by atoms with E-state index in [1.54, 1.807) is 162 Å². The number of carbonyl (C=O) groups is 9. The third kappa shape index (κ3) is 29.3. The van der Waals surface area contributed by atoms with Gasteiger partial charge in [0.15, 0.2) is 55.0 Å². The maximum Gasteiger partial charge on any atom is 1.00 e. The van der Waals surface area contributed by atoms with Gasteiger partial charge < -0.3 is 73.1 Å². The van der Waals surface area contributed by atoms with Crippen molar-refractivity contribution in [2.75, 3.05) is 65.1 Å². The Morgan fingerprint density at radius 3 is 1.23 bits per heavy atom. The van der Waals surface area contributed by atoms with E-state index in [0.29, 0.717) is 80.3 Å². The van der Waals surface area contributed by atoms with Crippen LogP contribution in [0.25, 0.3) is 22.6 Å². The second-order valence-electron chi connectivity index (χ2n) is 22.3. The van der Waals surface area contributed by atoms with Crippen LogP contribution in [0, 0.1) is 20.2 Å². The Bertz CT molecular complexity index is 5030. The summed E-state index contributed by atoms with van der Waals surface area (Å²) in [6.45, 7) is 7.17. The van der Waals surface area contributed by atoms with Gasteiger partial charge in [-0.1, -0.05) is 28.1 Å². The minimum Gasteiger partial charge on any atom is -0.870 e. The quantitative estimate of drug-likeness (QED) is 0.00561. The number of methoxy groups -OCH3 is 3. The number of aromatic nitrogens is 9. The third-order valence-corrected chi connectivity index (χ3v) is 14.7. The van der Waals surface area contributed by atoms with Crippen LogP contribution in [0.1, 0.15) is 101 Å². The first kappa shape index (κ1) is 91.5. The van der Waals surface area contributed by atoms with Gasteiger partial charge in [0.05, 0.1) is 28.0 Å². The van der Waals surface area contributed by atoms with Crippen LogP contribution in [0.4, 0.5) is 22.9 Å². The number of nitro groups is 2. The van der Waals surface area contributed by atoms with E-state index in [9.17, 15) is 63.4 Å². The molecule has 36 nitrogen and oxygen atoms in total. The molecule has 9 aromatic heterocycles. The van der Waals surface area contributed by atoms with Gasteiger partial charge in [0.2, 0.25) is 5.78 Å². The summed E-state index contributed by atoms with van der Waals surface area (Å²) in [5.41, 5.74) is 17.7. The Hall–Kier alpha value is -12.9. The summed E-state index contributed by atoms with van der Waals surface area (Å²) < 4.78 is 45.6. The molecule has 6 N–H and O–H groups in total. The number of halogens is 1. The largest absolute Gasteiger partial charge is 1.00 e. The summed E-state index contributed by atoms with van der Waals surface area (Å²) in [6.07, 6.45) is 14.4. The van der Waals surface area contributed by atoms with Gasteiger partial charge in [0.25, 0.3) is 17.8 Å². The van der Waals surface area contributed by atoms with Gasteiger partial charge in [0.1, 0.15) is 74.7 Å². The van der Waals surface area contributed by atoms with E-state index in [-0.39, 0.29) is 132 Å². The molecular weight excluding hydrogens is 1540 g/mol. The molecule has 0 aliphatic heterocycles. The van der Waals surface area contributed by atoms with Crippen molar-refractivity contribution < 1.29 is 131 Å². The number of esters is 1. The number of hydrogen-bond acceptors (Lipinski definition) is 29. The summed E-state index contributed by atoms with van der Waals surface area (Å²) in [6, 6.07) is 36.6. The first-order valence-corrected chi connectivity index (χ1v) is 33.3. The summed E-state index contributed by atoms with van der Waals surface area (Å²) in [4.78, 5) is 139. The van der Waals surface area contributed by atoms with Crippen LogP contribution in [0.3, 0.4) is 0 Å². The Morgan fingerprint density at radius 1 is 0.500 bits per heavy atom. The second-order valence-corrected chi connectivity index (χ2v) is 22.8. The minimum absolute atomic E-state index is 0. The average Bonchev–Trinajstić information content (AvgIpc) is 1.69. The van der Waals surface area contributed by atoms with Gasteiger partial charge in [-0.2, -0.15) is 0 Å². The van der Waals surface area contributed by atoms with Crippen molar-refractivity contribution in [1.82, 2.24) is 42.5 Å². The molecule has 9 heterocycles. The fraction of sp³-hybridized carbons (Fsp3) is 0.189. The van der Waals surface area contributed by atoms with Crippen molar-refractivity contribution >= 4 is 115 Å². The summed E-state index contributed by atoms with van der Waals surface area (Å²) >= 11 is 2.83. The second kappa shape index (κ2) is 46.5. The number of benzene rings is 3. The number of Topliss-reactive ketones (excluding diaryl/α,β-unsaturated/α-hetero) is 6. The number of rotatable bonds is 26. The zero-order chi connectivity index (χ0) is 80.4. The maximum absolute atomic E-state index is 12.4. The van der Waals surface area contributed by atoms with Crippen molar-refractivity contribution in [2.24, 2.45) is 0 Å². The number of fused-ring (bicyclic) bond motifs is 4. The number of pyridine rings is 5. The van der Waals surface area contributed by atoms with E-state index in [1.807, 2.05) is 12.3 Å². The van der Waals surface area contributed by atoms with Gasteiger partial charge >= 0.3 is 41.5 Å². The van der Waals surface area contributed by atoms with Gasteiger partial charge in [-0.15, -0.1) is 0 Å². The molecule has 0 fully saturated rings. The smallest absolute Gasteiger partial charge is 0.870 e. The third-order valence-electron chi connectivity index (χ3n) is 14.2. The van der Waals surface area contributed by atoms with Crippen molar-refractivity contribution in [1.29, 1.82) is 0 Å². The molecule has 0 unspecified atom stereocenters. The number of alkyl halides is 1. The van der Waals surface area contributed by atoms with Crippen LogP contribution in [-0.2, 0) is 46.2 Å². The number of anilines is 2. The SMILES string of the molecule is CC(=O)c1cn2cc(N)ccc2n1.CC(=O)c1cn2cc([N+](=O)[O-])ccc2n1.CCOC(=O)C(=O)CBr.COCOc1ccc(C(=O)Cc2ccc3nc(C(=O)O)cn3c2)cc1.COCOc1ccc(C(=O)Cc2ccc3nc(C(C)=O)cn3c2)cc1.COCOc1ccc(OC=O)cc1.Nc1ccc([N+](=O)[O-])cn1.[Na+].[OH-]. The molecule has 0 atom stereocenters. The molecular formula is C74H73BrN13NaO23. The van der Waals surface area contributed by atoms with Gasteiger partial charge in [-0.05, 0) is 127 Å². The standard InChI is InChI=1S/C19H18N2O4.C18H16N2O5.C9H7N3O3.C9H9N3O.C9H10O4.C5H7BrO3.C5H5N3O2.Na.H2O/c1-13(22)17-11-21-10-14(3-8-19(21)20-17)9-18(23)15-4-6-16(7-5-15)25-12-24-2;1-24-11-25-14-5-3-13(4-6-14)16(21)8-12-2-7-17-19-15(18(22)23)10-20(17)9-12;1-6(13)8-5-11-4-7(12(14)15)2-3-9(11)10-8;1-6(13)8-5-12-4-7(10)2-3-9(12)11-8;1-11-7-13-9-4-2-8(3-5-9)12-6-10;1-2-9-5(8)4(7)3-6;6-5-2-1-4(3-7-5)8(9)10;;/h3-8,10-11H,9,12H2,1-2H3;2-7,9-10H,8,11H2,1H3,(H,22,23);2-5H,1H3;2-5H,10H2,1H3;2-6H,7H2,1H3;2-3H2,1H3;1-3H,(H2,6,7);;1H2/q;;;;;;;+1;/p-1. The molecule has 0 amide bonds. The van der Waals surface area contributed by atoms with Crippen molar-refractivity contribution in [3.63, 3.8) is 0 Å². The van der Waals surface area contributed by atoms with E-state index in [2.05, 4.69) is 50.3 Å². The molecule has 38 heteroatoms. The molecule has 12 aromatic rings. The minimum atomic E-state index is -1.09. The van der Waals surface area contributed by atoms with Crippen molar-refractivity contribution in [3.05, 3.63) is 254 Å². The first-order valence-electron chi connectivity index (χ1n) is 32.2. The first-order chi connectivity index (χ1) is 52.6. The number of carboxylic acid groups (broad SMARTS) is 1. The van der Waals surface area contributed by atoms with Crippen molar-refractivity contribution in [3.8, 4) is 23.0 Å². The van der Waals surface area contributed by atoms with Crippen LogP contribution < -0.4 is 60.0 Å². The number of ketones is 6. The Kier molecular flexibility index (Phi) is 38.0. The molecule has 0 saturated carbocycles. The van der Waals surface area contributed by atoms with Crippen LogP contribution in [0.5, 0.6) is 23.0 Å². The van der Waals surface area contributed by atoms with Gasteiger partial charge in [-0.3, -0.25) is 58.2 Å². The molecule has 0 aliphatic rings. The van der Waals surface area contributed by atoms with Crippen LogP contribution in [0.15, 0.2) is 189 Å². The van der Waals surface area contributed by atoms with E-state index < -0.39 is 27.6 Å². The summed E-state index contributed by atoms with van der Waals surface area (Å²) in [7, 11) is 4.63. The number of carboxylic acids is 1. The Balaban J connectivity index is 0.000000284. The number of nitrogens with two attached hydrogens (primary N) is 2. The van der Waals surface area contributed by atoms with E-state index in [4.69, 9.17) is 45.0 Å². The number of hydrogen-bond donors (Lipinski definition) is 3. The average molecular weight is 1620 g/mol. The topological polar surface area (TPSA) is 498 Å². The van der Waals surface area contributed by atoms with E-state index in [1.165, 1.54) is 75.1 Å². The van der Waals surface area contributed by atoms with E-state index in [0.717, 1.165) is 23.0 Å².